The van der Waals surface area contributed by atoms with Crippen LogP contribution in [-0.2, 0) is 9.53 Å². The summed E-state index contributed by atoms with van der Waals surface area (Å²) in [6.45, 7) is 11.3. The first-order chi connectivity index (χ1) is 8.40. The molecule has 1 atom stereocenters. The van der Waals surface area contributed by atoms with Crippen molar-refractivity contribution in [1.82, 2.24) is 5.32 Å². The zero-order valence-electron chi connectivity index (χ0n) is 12.6. The SMILES string of the molecule is CCC(CC)(CN)OC(C)C(=O)NCCC(C)C. The number of rotatable bonds is 9. The first-order valence-electron chi connectivity index (χ1n) is 7.06. The Hall–Kier alpha value is -0.610. The Morgan fingerprint density at radius 1 is 1.28 bits per heavy atom. The second-order valence-corrected chi connectivity index (χ2v) is 5.33. The molecule has 3 N–H and O–H groups in total. The van der Waals surface area contributed by atoms with Crippen molar-refractivity contribution in [2.75, 3.05) is 13.1 Å². The second-order valence-electron chi connectivity index (χ2n) is 5.33. The molecule has 108 valence electrons. The van der Waals surface area contributed by atoms with Gasteiger partial charge in [0.1, 0.15) is 6.10 Å². The van der Waals surface area contributed by atoms with Crippen molar-refractivity contribution >= 4 is 5.91 Å². The fourth-order valence-electron chi connectivity index (χ4n) is 1.81. The summed E-state index contributed by atoms with van der Waals surface area (Å²) in [7, 11) is 0. The molecule has 0 radical (unpaired) electrons. The summed E-state index contributed by atoms with van der Waals surface area (Å²) in [5.41, 5.74) is 5.39. The third kappa shape index (κ3) is 5.83. The van der Waals surface area contributed by atoms with E-state index in [1.165, 1.54) is 0 Å². The van der Waals surface area contributed by atoms with E-state index in [9.17, 15) is 4.79 Å². The number of amides is 1. The Labute approximate surface area is 112 Å². The normalized spacial score (nSPS) is 13.7. The van der Waals surface area contributed by atoms with Crippen molar-refractivity contribution in [2.24, 2.45) is 11.7 Å². The Balaban J connectivity index is 4.21. The van der Waals surface area contributed by atoms with Gasteiger partial charge in [0.05, 0.1) is 5.60 Å². The van der Waals surface area contributed by atoms with E-state index in [-0.39, 0.29) is 11.5 Å². The number of nitrogens with two attached hydrogens (primary N) is 1. The van der Waals surface area contributed by atoms with E-state index in [1.54, 1.807) is 6.92 Å². The molecule has 0 aromatic carbocycles. The summed E-state index contributed by atoms with van der Waals surface area (Å²) in [6.07, 6.45) is 2.19. The van der Waals surface area contributed by atoms with Crippen LogP contribution < -0.4 is 11.1 Å². The van der Waals surface area contributed by atoms with E-state index in [2.05, 4.69) is 19.2 Å². The number of carbonyl (C=O) groups excluding carboxylic acids is 1. The lowest BCUT2D eigenvalue weighted by Crippen LogP contribution is -2.46. The first kappa shape index (κ1) is 17.4. The molecule has 0 spiro atoms. The highest BCUT2D eigenvalue weighted by Crippen LogP contribution is 2.21. The Morgan fingerprint density at radius 3 is 2.22 bits per heavy atom. The maximum Gasteiger partial charge on any atom is 0.248 e. The van der Waals surface area contributed by atoms with Gasteiger partial charge in [0.15, 0.2) is 0 Å². The molecular formula is C14H30N2O2. The highest BCUT2D eigenvalue weighted by Gasteiger charge is 2.29. The monoisotopic (exact) mass is 258 g/mol. The Bertz CT molecular complexity index is 230. The van der Waals surface area contributed by atoms with E-state index in [0.29, 0.717) is 19.0 Å². The van der Waals surface area contributed by atoms with Crippen molar-refractivity contribution in [1.29, 1.82) is 0 Å². The lowest BCUT2D eigenvalue weighted by Gasteiger charge is -2.33. The second kappa shape index (κ2) is 8.48. The number of carbonyl (C=O) groups is 1. The van der Waals surface area contributed by atoms with Crippen LogP contribution in [0, 0.1) is 5.92 Å². The van der Waals surface area contributed by atoms with Crippen molar-refractivity contribution in [3.05, 3.63) is 0 Å². The van der Waals surface area contributed by atoms with Crippen LogP contribution in [0.4, 0.5) is 0 Å². The van der Waals surface area contributed by atoms with E-state index in [0.717, 1.165) is 19.3 Å². The van der Waals surface area contributed by atoms with Crippen LogP contribution in [0.25, 0.3) is 0 Å². The molecule has 0 aliphatic heterocycles. The van der Waals surface area contributed by atoms with Crippen LogP contribution >= 0.6 is 0 Å². The molecule has 0 fully saturated rings. The summed E-state index contributed by atoms with van der Waals surface area (Å²) < 4.78 is 5.87. The largest absolute Gasteiger partial charge is 0.361 e. The molecule has 18 heavy (non-hydrogen) atoms. The molecule has 4 nitrogen and oxygen atoms in total. The minimum Gasteiger partial charge on any atom is -0.361 e. The maximum atomic E-state index is 11.9. The number of ether oxygens (including phenoxy) is 1. The number of hydrogen-bond acceptors (Lipinski definition) is 3. The van der Waals surface area contributed by atoms with Gasteiger partial charge in [0, 0.05) is 13.1 Å². The van der Waals surface area contributed by atoms with Gasteiger partial charge in [-0.15, -0.1) is 0 Å². The van der Waals surface area contributed by atoms with Gasteiger partial charge in [-0.1, -0.05) is 27.7 Å². The predicted molar refractivity (Wildman–Crippen MR) is 75.4 cm³/mol. The molecule has 0 aliphatic carbocycles. The van der Waals surface area contributed by atoms with Gasteiger partial charge in [0.2, 0.25) is 5.91 Å². The standard InChI is InChI=1S/C14H30N2O2/c1-6-14(7-2,10-15)18-12(5)13(17)16-9-8-11(3)4/h11-12H,6-10,15H2,1-5H3,(H,16,17). The highest BCUT2D eigenvalue weighted by atomic mass is 16.5. The molecule has 0 bridgehead atoms. The van der Waals surface area contributed by atoms with Crippen LogP contribution in [0.2, 0.25) is 0 Å². The van der Waals surface area contributed by atoms with Crippen LogP contribution in [0.3, 0.4) is 0 Å². The van der Waals surface area contributed by atoms with Gasteiger partial charge in [-0.25, -0.2) is 0 Å². The quantitative estimate of drug-likeness (QED) is 0.665. The summed E-state index contributed by atoms with van der Waals surface area (Å²) in [4.78, 5) is 11.9. The van der Waals surface area contributed by atoms with Crippen molar-refractivity contribution in [3.8, 4) is 0 Å². The third-order valence-electron chi connectivity index (χ3n) is 3.48. The topological polar surface area (TPSA) is 64.3 Å². The van der Waals surface area contributed by atoms with E-state index >= 15 is 0 Å². The predicted octanol–water partition coefficient (Wildman–Crippen LogP) is 2.07. The maximum absolute atomic E-state index is 11.9. The van der Waals surface area contributed by atoms with Crippen LogP contribution in [0.1, 0.15) is 53.9 Å². The molecule has 4 heteroatoms. The molecule has 0 aromatic rings. The summed E-state index contributed by atoms with van der Waals surface area (Å²) in [5, 5.41) is 2.90. The van der Waals surface area contributed by atoms with Gasteiger partial charge in [0.25, 0.3) is 0 Å². The van der Waals surface area contributed by atoms with Gasteiger partial charge in [-0.3, -0.25) is 4.79 Å². The minimum absolute atomic E-state index is 0.0459. The van der Waals surface area contributed by atoms with Crippen molar-refractivity contribution < 1.29 is 9.53 Å². The Morgan fingerprint density at radius 2 is 1.83 bits per heavy atom. The zero-order chi connectivity index (χ0) is 14.2. The van der Waals surface area contributed by atoms with Gasteiger partial charge in [-0.05, 0) is 32.1 Å². The van der Waals surface area contributed by atoms with Crippen molar-refractivity contribution in [3.63, 3.8) is 0 Å². The summed E-state index contributed by atoms with van der Waals surface area (Å²) in [5.74, 6) is 0.548. The molecule has 1 unspecified atom stereocenters. The molecule has 0 aliphatic rings. The lowest BCUT2D eigenvalue weighted by molar-refractivity contribution is -0.145. The first-order valence-corrected chi connectivity index (χ1v) is 7.06. The van der Waals surface area contributed by atoms with Crippen LogP contribution in [-0.4, -0.2) is 30.7 Å². The molecule has 0 saturated heterocycles. The number of hydrogen-bond donors (Lipinski definition) is 2. The van der Waals surface area contributed by atoms with Gasteiger partial charge >= 0.3 is 0 Å². The average molecular weight is 258 g/mol. The van der Waals surface area contributed by atoms with Gasteiger partial charge in [-0.2, -0.15) is 0 Å². The van der Waals surface area contributed by atoms with E-state index in [4.69, 9.17) is 10.5 Å². The average Bonchev–Trinajstić information content (AvgIpc) is 2.35. The molecule has 0 saturated carbocycles. The molecule has 0 aromatic heterocycles. The van der Waals surface area contributed by atoms with E-state index < -0.39 is 6.10 Å². The van der Waals surface area contributed by atoms with Gasteiger partial charge < -0.3 is 15.8 Å². The lowest BCUT2D eigenvalue weighted by atomic mass is 9.97. The van der Waals surface area contributed by atoms with E-state index in [1.807, 2.05) is 13.8 Å². The molecule has 0 heterocycles. The third-order valence-corrected chi connectivity index (χ3v) is 3.48. The summed E-state index contributed by atoms with van der Waals surface area (Å²) in [6, 6.07) is 0. The van der Waals surface area contributed by atoms with Crippen LogP contribution in [0.5, 0.6) is 0 Å². The number of nitrogens with one attached hydrogen (secondary N) is 1. The smallest absolute Gasteiger partial charge is 0.248 e. The fraction of sp³-hybridized carbons (Fsp3) is 0.929. The fourth-order valence-corrected chi connectivity index (χ4v) is 1.81. The molecule has 1 amide bonds. The summed E-state index contributed by atoms with van der Waals surface area (Å²) >= 11 is 0. The van der Waals surface area contributed by atoms with Crippen molar-refractivity contribution in [2.45, 2.75) is 65.6 Å². The minimum atomic E-state index is -0.444. The highest BCUT2D eigenvalue weighted by molar-refractivity contribution is 5.80. The molecular weight excluding hydrogens is 228 g/mol. The molecule has 0 rings (SSSR count). The zero-order valence-corrected chi connectivity index (χ0v) is 12.6. The van der Waals surface area contributed by atoms with Crippen LogP contribution in [0.15, 0.2) is 0 Å². The Kier molecular flexibility index (Phi) is 8.20.